The monoisotopic (exact) mass is 413 g/mol. The fourth-order valence-corrected chi connectivity index (χ4v) is 3.43. The Hall–Kier alpha value is -1.10. The van der Waals surface area contributed by atoms with E-state index in [0.717, 1.165) is 25.7 Å². The van der Waals surface area contributed by atoms with Crippen LogP contribution in [-0.4, -0.2) is 36.2 Å². The number of aliphatic carboxylic acids is 1. The SMILES string of the molecule is CCCCCCCCCCCCNC(CC(=O)OCCCCCCCC)C(=O)O. The number of unbranched alkanes of at least 4 members (excludes halogenated alkanes) is 14. The van der Waals surface area contributed by atoms with Gasteiger partial charge in [0, 0.05) is 0 Å². The molecule has 0 spiro atoms. The van der Waals surface area contributed by atoms with Crippen LogP contribution in [0.15, 0.2) is 0 Å². The van der Waals surface area contributed by atoms with Crippen LogP contribution in [0.25, 0.3) is 0 Å². The Morgan fingerprint density at radius 1 is 0.724 bits per heavy atom. The lowest BCUT2D eigenvalue weighted by Crippen LogP contribution is -2.39. The summed E-state index contributed by atoms with van der Waals surface area (Å²) >= 11 is 0. The third kappa shape index (κ3) is 20.0. The molecule has 172 valence electrons. The maximum atomic E-state index is 11.9. The van der Waals surface area contributed by atoms with Gasteiger partial charge in [0.15, 0.2) is 0 Å². The van der Waals surface area contributed by atoms with Gasteiger partial charge in [-0.25, -0.2) is 0 Å². The summed E-state index contributed by atoms with van der Waals surface area (Å²) < 4.78 is 5.19. The third-order valence-corrected chi connectivity index (χ3v) is 5.35. The lowest BCUT2D eigenvalue weighted by molar-refractivity contribution is -0.149. The highest BCUT2D eigenvalue weighted by Gasteiger charge is 2.21. The molecule has 0 saturated carbocycles. The zero-order valence-electron chi connectivity index (χ0n) is 19.2. The van der Waals surface area contributed by atoms with Crippen molar-refractivity contribution in [1.29, 1.82) is 0 Å². The lowest BCUT2D eigenvalue weighted by atomic mass is 10.1. The number of carboxylic acids is 1. The minimum absolute atomic E-state index is 0.0943. The molecule has 0 aliphatic carbocycles. The van der Waals surface area contributed by atoms with Crippen LogP contribution < -0.4 is 5.32 Å². The van der Waals surface area contributed by atoms with Crippen LogP contribution >= 0.6 is 0 Å². The second kappa shape index (κ2) is 21.6. The van der Waals surface area contributed by atoms with Crippen molar-refractivity contribution in [2.75, 3.05) is 13.2 Å². The van der Waals surface area contributed by atoms with Gasteiger partial charge in [0.2, 0.25) is 0 Å². The minimum Gasteiger partial charge on any atom is -0.480 e. The molecule has 1 unspecified atom stereocenters. The Labute approximate surface area is 179 Å². The standard InChI is InChI=1S/C24H47NO4/c1-3-5-7-9-11-12-13-14-15-17-19-25-22(24(27)28)21-23(26)29-20-18-16-10-8-6-4-2/h22,25H,3-21H2,1-2H3,(H,27,28). The maximum absolute atomic E-state index is 11.9. The smallest absolute Gasteiger partial charge is 0.321 e. The summed E-state index contributed by atoms with van der Waals surface area (Å²) in [5, 5.41) is 12.3. The molecule has 5 heteroatoms. The van der Waals surface area contributed by atoms with Gasteiger partial charge in [0.25, 0.3) is 0 Å². The molecule has 0 aromatic carbocycles. The fourth-order valence-electron chi connectivity index (χ4n) is 3.43. The Morgan fingerprint density at radius 3 is 1.66 bits per heavy atom. The number of ether oxygens (including phenoxy) is 1. The fraction of sp³-hybridized carbons (Fsp3) is 0.917. The molecule has 0 rings (SSSR count). The first-order valence-corrected chi connectivity index (χ1v) is 12.2. The van der Waals surface area contributed by atoms with Gasteiger partial charge in [-0.1, -0.05) is 104 Å². The maximum Gasteiger partial charge on any atom is 0.321 e. The van der Waals surface area contributed by atoms with Crippen molar-refractivity contribution in [2.24, 2.45) is 0 Å². The van der Waals surface area contributed by atoms with Crippen LogP contribution in [0.5, 0.6) is 0 Å². The van der Waals surface area contributed by atoms with Crippen molar-refractivity contribution in [3.05, 3.63) is 0 Å². The summed E-state index contributed by atoms with van der Waals surface area (Å²) in [5.74, 6) is -1.39. The van der Waals surface area contributed by atoms with Crippen molar-refractivity contribution in [3.8, 4) is 0 Å². The average Bonchev–Trinajstić information content (AvgIpc) is 2.70. The largest absolute Gasteiger partial charge is 0.480 e. The van der Waals surface area contributed by atoms with Crippen molar-refractivity contribution < 1.29 is 19.4 Å². The highest BCUT2D eigenvalue weighted by molar-refractivity contribution is 5.81. The number of carbonyl (C=O) groups is 2. The Morgan fingerprint density at radius 2 is 1.17 bits per heavy atom. The molecule has 2 N–H and O–H groups in total. The van der Waals surface area contributed by atoms with Crippen molar-refractivity contribution in [3.63, 3.8) is 0 Å². The first kappa shape index (κ1) is 27.9. The van der Waals surface area contributed by atoms with E-state index in [2.05, 4.69) is 19.2 Å². The van der Waals surface area contributed by atoms with Crippen LogP contribution in [0.3, 0.4) is 0 Å². The molecule has 29 heavy (non-hydrogen) atoms. The van der Waals surface area contributed by atoms with E-state index in [1.807, 2.05) is 0 Å². The van der Waals surface area contributed by atoms with Crippen LogP contribution in [0.4, 0.5) is 0 Å². The quantitative estimate of drug-likeness (QED) is 0.162. The molecule has 0 aromatic heterocycles. The van der Waals surface area contributed by atoms with E-state index >= 15 is 0 Å². The van der Waals surface area contributed by atoms with Crippen molar-refractivity contribution in [1.82, 2.24) is 5.32 Å². The number of carboxylic acid groups (broad SMARTS) is 1. The molecule has 0 bridgehead atoms. The summed E-state index contributed by atoms with van der Waals surface area (Å²) in [5.41, 5.74) is 0. The van der Waals surface area contributed by atoms with Gasteiger partial charge >= 0.3 is 11.9 Å². The summed E-state index contributed by atoms with van der Waals surface area (Å²) in [4.78, 5) is 23.2. The van der Waals surface area contributed by atoms with Crippen LogP contribution in [-0.2, 0) is 14.3 Å². The molecule has 0 radical (unpaired) electrons. The zero-order chi connectivity index (χ0) is 21.6. The number of esters is 1. The van der Waals surface area contributed by atoms with Crippen LogP contribution in [0.2, 0.25) is 0 Å². The molecular weight excluding hydrogens is 366 g/mol. The van der Waals surface area contributed by atoms with E-state index in [1.165, 1.54) is 77.0 Å². The normalized spacial score (nSPS) is 12.1. The summed E-state index contributed by atoms with van der Waals surface area (Å²) in [6.45, 7) is 5.46. The molecule has 0 heterocycles. The Balaban J connectivity index is 3.64. The first-order chi connectivity index (χ1) is 14.1. The third-order valence-electron chi connectivity index (χ3n) is 5.35. The van der Waals surface area contributed by atoms with E-state index in [9.17, 15) is 14.7 Å². The molecule has 0 saturated heterocycles. The van der Waals surface area contributed by atoms with Gasteiger partial charge in [-0.3, -0.25) is 9.59 Å². The van der Waals surface area contributed by atoms with Gasteiger partial charge in [-0.2, -0.15) is 0 Å². The predicted molar refractivity (Wildman–Crippen MR) is 120 cm³/mol. The zero-order valence-corrected chi connectivity index (χ0v) is 19.2. The van der Waals surface area contributed by atoms with Crippen LogP contribution in [0, 0.1) is 0 Å². The Kier molecular flexibility index (Phi) is 20.8. The van der Waals surface area contributed by atoms with Gasteiger partial charge < -0.3 is 15.2 Å². The Bertz CT molecular complexity index is 387. The van der Waals surface area contributed by atoms with E-state index in [-0.39, 0.29) is 6.42 Å². The van der Waals surface area contributed by atoms with E-state index in [0.29, 0.717) is 13.2 Å². The van der Waals surface area contributed by atoms with Crippen molar-refractivity contribution >= 4 is 11.9 Å². The number of hydrogen-bond acceptors (Lipinski definition) is 4. The molecule has 0 amide bonds. The number of rotatable bonds is 22. The molecular formula is C24H47NO4. The summed E-state index contributed by atoms with van der Waals surface area (Å²) in [7, 11) is 0. The molecule has 0 aromatic rings. The topological polar surface area (TPSA) is 75.6 Å². The van der Waals surface area contributed by atoms with E-state index < -0.39 is 18.0 Å². The lowest BCUT2D eigenvalue weighted by Gasteiger charge is -2.14. The van der Waals surface area contributed by atoms with Crippen LogP contribution in [0.1, 0.15) is 123 Å². The highest BCUT2D eigenvalue weighted by atomic mass is 16.5. The van der Waals surface area contributed by atoms with E-state index in [1.54, 1.807) is 0 Å². The van der Waals surface area contributed by atoms with E-state index in [4.69, 9.17) is 4.74 Å². The molecule has 0 aliphatic heterocycles. The summed E-state index contributed by atoms with van der Waals surface area (Å²) in [6, 6.07) is -0.842. The van der Waals surface area contributed by atoms with Crippen molar-refractivity contribution in [2.45, 2.75) is 129 Å². The molecule has 0 fully saturated rings. The summed E-state index contributed by atoms with van der Waals surface area (Å²) in [6.07, 6.45) is 19.2. The second-order valence-electron chi connectivity index (χ2n) is 8.22. The minimum atomic E-state index is -0.978. The highest BCUT2D eigenvalue weighted by Crippen LogP contribution is 2.10. The molecule has 0 aliphatic rings. The molecule has 1 atom stereocenters. The second-order valence-corrected chi connectivity index (χ2v) is 8.22. The van der Waals surface area contributed by atoms with Gasteiger partial charge in [0.05, 0.1) is 13.0 Å². The van der Waals surface area contributed by atoms with Gasteiger partial charge in [-0.05, 0) is 19.4 Å². The van der Waals surface area contributed by atoms with Gasteiger partial charge in [0.1, 0.15) is 6.04 Å². The van der Waals surface area contributed by atoms with Gasteiger partial charge in [-0.15, -0.1) is 0 Å². The predicted octanol–water partition coefficient (Wildman–Crippen LogP) is 6.24. The average molecular weight is 414 g/mol. The molecule has 5 nitrogen and oxygen atoms in total. The number of hydrogen-bond donors (Lipinski definition) is 2. The number of nitrogens with one attached hydrogen (secondary N) is 1. The first-order valence-electron chi connectivity index (χ1n) is 12.2. The number of carbonyl (C=O) groups excluding carboxylic acids is 1.